The number of hydrogen-bond donors (Lipinski definition) is 2. The summed E-state index contributed by atoms with van der Waals surface area (Å²) in [5, 5.41) is 15.1. The van der Waals surface area contributed by atoms with Crippen LogP contribution in [0.15, 0.2) is 24.3 Å². The normalized spacial score (nSPS) is 9.71. The number of nitrogens with one attached hydrogen (secondary N) is 2. The molecule has 1 heterocycles. The first-order valence-electron chi connectivity index (χ1n) is 3.87. The van der Waals surface area contributed by atoms with Gasteiger partial charge in [-0.1, -0.05) is 17.2 Å². The van der Waals surface area contributed by atoms with E-state index < -0.39 is 0 Å². The molecule has 6 nitrogen and oxygen atoms in total. The van der Waals surface area contributed by atoms with Crippen molar-refractivity contribution in [2.45, 2.75) is 0 Å². The summed E-state index contributed by atoms with van der Waals surface area (Å²) in [5.41, 5.74) is 0.504. The Morgan fingerprint density at radius 2 is 2.50 bits per heavy atom. The van der Waals surface area contributed by atoms with Crippen molar-refractivity contribution >= 4 is 11.9 Å². The maximum atomic E-state index is 11.5. The Kier molecular flexibility index (Phi) is 2.18. The molecule has 0 spiro atoms. The van der Waals surface area contributed by atoms with Gasteiger partial charge in [-0.2, -0.15) is 0 Å². The minimum Gasteiger partial charge on any atom is -0.289 e. The van der Waals surface area contributed by atoms with Crippen molar-refractivity contribution in [3.05, 3.63) is 35.9 Å². The second-order valence-electron chi connectivity index (χ2n) is 2.50. The van der Waals surface area contributed by atoms with Crippen molar-refractivity contribution < 1.29 is 4.79 Å². The summed E-state index contributed by atoms with van der Waals surface area (Å²) in [6.45, 7) is 0. The van der Waals surface area contributed by atoms with Gasteiger partial charge >= 0.3 is 0 Å². The number of aromatic nitrogens is 4. The van der Waals surface area contributed by atoms with Crippen LogP contribution < -0.4 is 5.32 Å². The van der Waals surface area contributed by atoms with Crippen molar-refractivity contribution in [2.24, 2.45) is 0 Å². The molecule has 2 N–H and O–H groups in total. The Bertz CT molecular complexity index is 411. The molecule has 1 aromatic heterocycles. The monoisotopic (exact) mass is 188 g/mol. The molecule has 1 amide bonds. The lowest BCUT2D eigenvalue weighted by Gasteiger charge is -1.98. The summed E-state index contributed by atoms with van der Waals surface area (Å²) < 4.78 is 0. The number of nitrogens with zero attached hydrogens (tertiary/aromatic N) is 3. The molecule has 1 aromatic carbocycles. The molecular weight excluding hydrogens is 182 g/mol. The number of tetrazole rings is 1. The van der Waals surface area contributed by atoms with E-state index in [1.54, 1.807) is 24.3 Å². The highest BCUT2D eigenvalue weighted by Crippen LogP contribution is 2.01. The van der Waals surface area contributed by atoms with E-state index in [9.17, 15) is 4.79 Å². The Morgan fingerprint density at radius 3 is 3.14 bits per heavy atom. The van der Waals surface area contributed by atoms with Gasteiger partial charge in [-0.25, -0.2) is 5.10 Å². The number of anilines is 1. The van der Waals surface area contributed by atoms with Crippen LogP contribution in [0.2, 0.25) is 0 Å². The van der Waals surface area contributed by atoms with Gasteiger partial charge in [0.15, 0.2) is 0 Å². The number of carbonyl (C=O) groups is 1. The van der Waals surface area contributed by atoms with Gasteiger partial charge in [-0.05, 0) is 28.6 Å². The molecule has 0 aliphatic heterocycles. The van der Waals surface area contributed by atoms with Gasteiger partial charge in [-0.15, -0.1) is 0 Å². The zero-order valence-corrected chi connectivity index (χ0v) is 7.06. The van der Waals surface area contributed by atoms with Gasteiger partial charge in [0.25, 0.3) is 5.91 Å². The Hall–Kier alpha value is -2.24. The first-order chi connectivity index (χ1) is 6.86. The smallest absolute Gasteiger partial charge is 0.258 e. The number of aromatic amines is 1. The van der Waals surface area contributed by atoms with E-state index >= 15 is 0 Å². The molecule has 0 aliphatic rings. The summed E-state index contributed by atoms with van der Waals surface area (Å²) in [7, 11) is 0. The van der Waals surface area contributed by atoms with E-state index in [1.807, 2.05) is 0 Å². The van der Waals surface area contributed by atoms with Crippen LogP contribution in [0.25, 0.3) is 0 Å². The fourth-order valence-corrected chi connectivity index (χ4v) is 0.926. The van der Waals surface area contributed by atoms with Crippen LogP contribution >= 0.6 is 0 Å². The standard InChI is InChI=1S/C8H6N5O/c14-7(6-4-2-1-3-5-6)9-8-10-12-13-11-8/h1-2,4-5H,(H2,9,10,11,12,13,14). The molecule has 0 fully saturated rings. The molecule has 0 saturated heterocycles. The highest BCUT2D eigenvalue weighted by Gasteiger charge is 2.06. The van der Waals surface area contributed by atoms with Crippen LogP contribution in [0.1, 0.15) is 10.4 Å². The fourth-order valence-electron chi connectivity index (χ4n) is 0.926. The largest absolute Gasteiger partial charge is 0.289 e. The molecule has 0 saturated carbocycles. The highest BCUT2D eigenvalue weighted by atomic mass is 16.1. The number of amides is 1. The van der Waals surface area contributed by atoms with Gasteiger partial charge in [0, 0.05) is 5.56 Å². The van der Waals surface area contributed by atoms with Crippen LogP contribution in [-0.4, -0.2) is 26.5 Å². The molecular formula is C8H6N5O. The van der Waals surface area contributed by atoms with Crippen molar-refractivity contribution in [1.82, 2.24) is 20.6 Å². The number of carbonyl (C=O) groups excluding carboxylic acids is 1. The number of H-pyrrole nitrogens is 1. The molecule has 14 heavy (non-hydrogen) atoms. The van der Waals surface area contributed by atoms with Gasteiger partial charge in [-0.3, -0.25) is 10.1 Å². The summed E-state index contributed by atoms with van der Waals surface area (Å²) in [6, 6.07) is 9.50. The van der Waals surface area contributed by atoms with Gasteiger partial charge < -0.3 is 0 Å². The quantitative estimate of drug-likeness (QED) is 0.707. The van der Waals surface area contributed by atoms with Crippen LogP contribution in [-0.2, 0) is 0 Å². The number of benzene rings is 1. The van der Waals surface area contributed by atoms with E-state index in [0.717, 1.165) is 0 Å². The molecule has 1 radical (unpaired) electrons. The lowest BCUT2D eigenvalue weighted by molar-refractivity contribution is 0.102. The van der Waals surface area contributed by atoms with Crippen molar-refractivity contribution in [3.63, 3.8) is 0 Å². The predicted octanol–water partition coefficient (Wildman–Crippen LogP) is 0.252. The first kappa shape index (κ1) is 8.36. The SMILES string of the molecule is O=C(Nc1nnn[nH]1)c1c[c]ccc1. The van der Waals surface area contributed by atoms with Gasteiger partial charge in [0.2, 0.25) is 5.95 Å². The van der Waals surface area contributed by atoms with E-state index in [2.05, 4.69) is 32.0 Å². The second-order valence-corrected chi connectivity index (χ2v) is 2.50. The van der Waals surface area contributed by atoms with Crippen molar-refractivity contribution in [1.29, 1.82) is 0 Å². The fraction of sp³-hybridized carbons (Fsp3) is 0. The van der Waals surface area contributed by atoms with E-state index in [-0.39, 0.29) is 11.9 Å². The Labute approximate surface area is 79.3 Å². The van der Waals surface area contributed by atoms with Crippen molar-refractivity contribution in [2.75, 3.05) is 5.32 Å². The van der Waals surface area contributed by atoms with Crippen LogP contribution in [0.3, 0.4) is 0 Å². The molecule has 0 bridgehead atoms. The van der Waals surface area contributed by atoms with Crippen molar-refractivity contribution in [3.8, 4) is 0 Å². The zero-order valence-electron chi connectivity index (χ0n) is 7.06. The number of hydrogen-bond acceptors (Lipinski definition) is 4. The zero-order chi connectivity index (χ0) is 9.80. The van der Waals surface area contributed by atoms with Gasteiger partial charge in [0.05, 0.1) is 0 Å². The molecule has 69 valence electrons. The minimum absolute atomic E-state index is 0.221. The number of rotatable bonds is 2. The average molecular weight is 188 g/mol. The molecule has 6 heteroatoms. The van der Waals surface area contributed by atoms with Crippen LogP contribution in [0.5, 0.6) is 0 Å². The predicted molar refractivity (Wildman–Crippen MR) is 47.4 cm³/mol. The highest BCUT2D eigenvalue weighted by molar-refractivity contribution is 6.03. The lowest BCUT2D eigenvalue weighted by atomic mass is 10.2. The van der Waals surface area contributed by atoms with E-state index in [1.165, 1.54) is 0 Å². The molecule has 0 unspecified atom stereocenters. The topological polar surface area (TPSA) is 83.6 Å². The Balaban J connectivity index is 2.11. The third-order valence-corrected chi connectivity index (χ3v) is 1.55. The van der Waals surface area contributed by atoms with Crippen LogP contribution in [0, 0.1) is 6.07 Å². The second kappa shape index (κ2) is 3.65. The summed E-state index contributed by atoms with van der Waals surface area (Å²) >= 11 is 0. The van der Waals surface area contributed by atoms with Gasteiger partial charge in [0.1, 0.15) is 0 Å². The third-order valence-electron chi connectivity index (χ3n) is 1.55. The maximum Gasteiger partial charge on any atom is 0.258 e. The minimum atomic E-state index is -0.277. The first-order valence-corrected chi connectivity index (χ1v) is 3.87. The summed E-state index contributed by atoms with van der Waals surface area (Å²) in [5.74, 6) is -0.0562. The molecule has 2 rings (SSSR count). The molecule has 2 aromatic rings. The third kappa shape index (κ3) is 1.74. The summed E-state index contributed by atoms with van der Waals surface area (Å²) in [4.78, 5) is 11.5. The maximum absolute atomic E-state index is 11.5. The summed E-state index contributed by atoms with van der Waals surface area (Å²) in [6.07, 6.45) is 0. The lowest BCUT2D eigenvalue weighted by Crippen LogP contribution is -2.12. The Morgan fingerprint density at radius 1 is 1.57 bits per heavy atom. The molecule has 0 aliphatic carbocycles. The average Bonchev–Trinajstić information content (AvgIpc) is 2.72. The van der Waals surface area contributed by atoms with E-state index in [0.29, 0.717) is 5.56 Å². The van der Waals surface area contributed by atoms with Crippen LogP contribution in [0.4, 0.5) is 5.95 Å². The van der Waals surface area contributed by atoms with E-state index in [4.69, 9.17) is 0 Å². The molecule has 0 atom stereocenters.